The Labute approximate surface area is 135 Å². The molecule has 0 fully saturated rings. The van der Waals surface area contributed by atoms with Gasteiger partial charge in [0, 0.05) is 26.4 Å². The predicted octanol–water partition coefficient (Wildman–Crippen LogP) is 1.64. The van der Waals surface area contributed by atoms with Gasteiger partial charge in [-0.2, -0.15) is 0 Å². The van der Waals surface area contributed by atoms with E-state index in [1.807, 2.05) is 0 Å². The number of rotatable bonds is 7. The van der Waals surface area contributed by atoms with Gasteiger partial charge in [-0.1, -0.05) is 20.8 Å². The van der Waals surface area contributed by atoms with Crippen LogP contribution in [0.1, 0.15) is 33.6 Å². The van der Waals surface area contributed by atoms with E-state index in [9.17, 15) is 8.42 Å². The quantitative estimate of drug-likeness (QED) is 0.384. The van der Waals surface area contributed by atoms with Gasteiger partial charge in [0.05, 0.1) is 5.75 Å². The van der Waals surface area contributed by atoms with Gasteiger partial charge in [-0.3, -0.25) is 4.99 Å². The SMILES string of the molecule is CCCNC(=NC)NCC(C)(C)CCS(C)(=O)=O.I. The van der Waals surface area contributed by atoms with Gasteiger partial charge in [0.1, 0.15) is 9.84 Å². The van der Waals surface area contributed by atoms with E-state index in [1.165, 1.54) is 6.26 Å². The average Bonchev–Trinajstić information content (AvgIpc) is 2.26. The second kappa shape index (κ2) is 9.79. The van der Waals surface area contributed by atoms with Crippen molar-refractivity contribution in [2.75, 3.05) is 32.1 Å². The molecule has 0 atom stereocenters. The maximum Gasteiger partial charge on any atom is 0.190 e. The molecular formula is C12H28IN3O2S. The van der Waals surface area contributed by atoms with E-state index in [4.69, 9.17) is 0 Å². The third kappa shape index (κ3) is 12.7. The Hall–Kier alpha value is -0.0500. The summed E-state index contributed by atoms with van der Waals surface area (Å²) in [6, 6.07) is 0. The molecule has 0 aliphatic carbocycles. The monoisotopic (exact) mass is 405 g/mol. The number of aliphatic imine (C=N–C) groups is 1. The Morgan fingerprint density at radius 1 is 1.26 bits per heavy atom. The fraction of sp³-hybridized carbons (Fsp3) is 0.917. The van der Waals surface area contributed by atoms with E-state index in [0.29, 0.717) is 13.0 Å². The maximum absolute atomic E-state index is 11.2. The summed E-state index contributed by atoms with van der Waals surface area (Å²) in [5, 5.41) is 6.41. The van der Waals surface area contributed by atoms with Crippen molar-refractivity contribution < 1.29 is 8.42 Å². The van der Waals surface area contributed by atoms with E-state index >= 15 is 0 Å². The van der Waals surface area contributed by atoms with Crippen LogP contribution in [0.3, 0.4) is 0 Å². The van der Waals surface area contributed by atoms with Gasteiger partial charge in [0.2, 0.25) is 0 Å². The topological polar surface area (TPSA) is 70.6 Å². The van der Waals surface area contributed by atoms with Crippen LogP contribution in [0.4, 0.5) is 0 Å². The summed E-state index contributed by atoms with van der Waals surface area (Å²) in [5.41, 5.74) is -0.0765. The molecule has 0 saturated heterocycles. The number of hydrogen-bond donors (Lipinski definition) is 2. The average molecular weight is 405 g/mol. The zero-order valence-electron chi connectivity index (χ0n) is 12.6. The third-order valence-corrected chi connectivity index (χ3v) is 3.60. The van der Waals surface area contributed by atoms with Crippen molar-refractivity contribution in [3.05, 3.63) is 0 Å². The van der Waals surface area contributed by atoms with Crippen LogP contribution in [0.25, 0.3) is 0 Å². The predicted molar refractivity (Wildman–Crippen MR) is 93.2 cm³/mol. The smallest absolute Gasteiger partial charge is 0.190 e. The van der Waals surface area contributed by atoms with Gasteiger partial charge in [-0.05, 0) is 18.3 Å². The second-order valence-corrected chi connectivity index (χ2v) is 7.66. The summed E-state index contributed by atoms with van der Waals surface area (Å²) in [7, 11) is -1.16. The van der Waals surface area contributed by atoms with E-state index in [1.54, 1.807) is 7.05 Å². The molecule has 0 aromatic carbocycles. The Balaban J connectivity index is 0. The van der Waals surface area contributed by atoms with Crippen molar-refractivity contribution in [3.63, 3.8) is 0 Å². The Kier molecular flexibility index (Phi) is 11.0. The van der Waals surface area contributed by atoms with Crippen LogP contribution in [0.15, 0.2) is 4.99 Å². The molecule has 0 aliphatic heterocycles. The fourth-order valence-electron chi connectivity index (χ4n) is 1.34. The molecule has 0 saturated carbocycles. The molecule has 19 heavy (non-hydrogen) atoms. The molecule has 0 aliphatic rings. The number of guanidine groups is 1. The Morgan fingerprint density at radius 3 is 2.26 bits per heavy atom. The van der Waals surface area contributed by atoms with Crippen molar-refractivity contribution in [3.8, 4) is 0 Å². The molecule has 0 aromatic heterocycles. The van der Waals surface area contributed by atoms with Crippen LogP contribution in [0.5, 0.6) is 0 Å². The molecule has 0 unspecified atom stereocenters. The van der Waals surface area contributed by atoms with Crippen LogP contribution in [0.2, 0.25) is 0 Å². The Bertz CT molecular complexity index is 367. The highest BCUT2D eigenvalue weighted by atomic mass is 127. The summed E-state index contributed by atoms with van der Waals surface area (Å²) in [4.78, 5) is 4.11. The number of nitrogens with one attached hydrogen (secondary N) is 2. The van der Waals surface area contributed by atoms with E-state index in [2.05, 4.69) is 36.4 Å². The minimum atomic E-state index is -2.89. The summed E-state index contributed by atoms with van der Waals surface area (Å²) < 4.78 is 22.3. The van der Waals surface area contributed by atoms with Crippen molar-refractivity contribution >= 4 is 39.8 Å². The molecule has 0 spiro atoms. The summed E-state index contributed by atoms with van der Waals surface area (Å²) in [5.74, 6) is 0.993. The molecule has 116 valence electrons. The van der Waals surface area contributed by atoms with Crippen LogP contribution in [-0.2, 0) is 9.84 Å². The lowest BCUT2D eigenvalue weighted by Crippen LogP contribution is -2.42. The first-order valence-corrected chi connectivity index (χ1v) is 8.38. The molecule has 0 heterocycles. The number of hydrogen-bond acceptors (Lipinski definition) is 3. The molecule has 5 nitrogen and oxygen atoms in total. The molecular weight excluding hydrogens is 377 g/mol. The normalized spacial score (nSPS) is 12.8. The molecule has 2 N–H and O–H groups in total. The standard InChI is InChI=1S/C12H27N3O2S.HI/c1-6-8-14-11(13-4)15-10-12(2,3)7-9-18(5,16)17;/h6-10H2,1-5H3,(H2,13,14,15);1H. The largest absolute Gasteiger partial charge is 0.356 e. The van der Waals surface area contributed by atoms with Gasteiger partial charge in [-0.15, -0.1) is 24.0 Å². The molecule has 0 radical (unpaired) electrons. The third-order valence-electron chi connectivity index (χ3n) is 2.65. The van der Waals surface area contributed by atoms with Crippen LogP contribution in [-0.4, -0.2) is 46.5 Å². The van der Waals surface area contributed by atoms with E-state index in [-0.39, 0.29) is 35.1 Å². The van der Waals surface area contributed by atoms with Crippen LogP contribution >= 0.6 is 24.0 Å². The highest BCUT2D eigenvalue weighted by Gasteiger charge is 2.20. The van der Waals surface area contributed by atoms with Gasteiger partial charge in [0.25, 0.3) is 0 Å². The van der Waals surface area contributed by atoms with Crippen molar-refractivity contribution in [1.29, 1.82) is 0 Å². The number of nitrogens with zero attached hydrogens (tertiary/aromatic N) is 1. The molecule has 0 aromatic rings. The van der Waals surface area contributed by atoms with Crippen LogP contribution < -0.4 is 10.6 Å². The van der Waals surface area contributed by atoms with Gasteiger partial charge >= 0.3 is 0 Å². The lowest BCUT2D eigenvalue weighted by molar-refractivity contribution is 0.348. The summed E-state index contributed by atoms with van der Waals surface area (Å²) in [6.45, 7) is 7.78. The fourth-order valence-corrected chi connectivity index (χ4v) is 2.26. The molecule has 0 bridgehead atoms. The minimum absolute atomic E-state index is 0. The number of halogens is 1. The van der Waals surface area contributed by atoms with Crippen molar-refractivity contribution in [1.82, 2.24) is 10.6 Å². The van der Waals surface area contributed by atoms with Gasteiger partial charge in [0.15, 0.2) is 5.96 Å². The first kappa shape index (κ1) is 21.3. The summed E-state index contributed by atoms with van der Waals surface area (Å²) in [6.07, 6.45) is 2.96. The maximum atomic E-state index is 11.2. The van der Waals surface area contributed by atoms with E-state index < -0.39 is 9.84 Å². The molecule has 7 heteroatoms. The lowest BCUT2D eigenvalue weighted by Gasteiger charge is -2.25. The molecule has 0 amide bonds. The van der Waals surface area contributed by atoms with Crippen LogP contribution in [0, 0.1) is 5.41 Å². The van der Waals surface area contributed by atoms with E-state index in [0.717, 1.165) is 18.9 Å². The highest BCUT2D eigenvalue weighted by molar-refractivity contribution is 14.0. The highest BCUT2D eigenvalue weighted by Crippen LogP contribution is 2.19. The van der Waals surface area contributed by atoms with Gasteiger partial charge in [-0.25, -0.2) is 8.42 Å². The second-order valence-electron chi connectivity index (χ2n) is 5.40. The number of sulfone groups is 1. The summed E-state index contributed by atoms with van der Waals surface area (Å²) >= 11 is 0. The van der Waals surface area contributed by atoms with Crippen molar-refractivity contribution in [2.45, 2.75) is 33.6 Å². The zero-order chi connectivity index (χ0) is 14.2. The first-order valence-electron chi connectivity index (χ1n) is 6.32. The molecule has 0 rings (SSSR count). The van der Waals surface area contributed by atoms with Crippen molar-refractivity contribution in [2.24, 2.45) is 10.4 Å². The Morgan fingerprint density at radius 2 is 1.84 bits per heavy atom. The first-order chi connectivity index (χ1) is 8.20. The zero-order valence-corrected chi connectivity index (χ0v) is 15.8. The minimum Gasteiger partial charge on any atom is -0.356 e. The lowest BCUT2D eigenvalue weighted by atomic mass is 9.90. The van der Waals surface area contributed by atoms with Gasteiger partial charge < -0.3 is 10.6 Å².